The number of aliphatic carboxylic acids is 1. The fourth-order valence-corrected chi connectivity index (χ4v) is 4.95. The molecule has 0 saturated carbocycles. The Labute approximate surface area is 114 Å². The molecule has 2 unspecified atom stereocenters. The molecule has 2 fully saturated rings. The summed E-state index contributed by atoms with van der Waals surface area (Å²) in [4.78, 5) is 13.2. The number of hydrogen-bond donors (Lipinski definition) is 1. The lowest BCUT2D eigenvalue weighted by atomic mass is 9.81. The standard InChI is InChI=1S/C14H25NO2S/c1-14(2)6-8-18-10-12(14)15-7-5-11(9-15)3-4-13(16)17/h11-12H,3-10H2,1-2H3,(H,16,17). The van der Waals surface area contributed by atoms with Gasteiger partial charge in [-0.1, -0.05) is 13.8 Å². The van der Waals surface area contributed by atoms with Gasteiger partial charge in [0.25, 0.3) is 0 Å². The van der Waals surface area contributed by atoms with Gasteiger partial charge in [-0.05, 0) is 42.9 Å². The highest BCUT2D eigenvalue weighted by molar-refractivity contribution is 7.99. The molecule has 2 atom stereocenters. The zero-order valence-electron chi connectivity index (χ0n) is 11.5. The van der Waals surface area contributed by atoms with Gasteiger partial charge in [-0.15, -0.1) is 0 Å². The maximum atomic E-state index is 10.6. The van der Waals surface area contributed by atoms with E-state index in [2.05, 4.69) is 30.5 Å². The van der Waals surface area contributed by atoms with Crippen LogP contribution in [-0.2, 0) is 4.79 Å². The van der Waals surface area contributed by atoms with Crippen LogP contribution in [0.3, 0.4) is 0 Å². The van der Waals surface area contributed by atoms with Gasteiger partial charge in [-0.2, -0.15) is 11.8 Å². The van der Waals surface area contributed by atoms with Crippen LogP contribution in [0.1, 0.15) is 39.5 Å². The van der Waals surface area contributed by atoms with Crippen LogP contribution in [0.4, 0.5) is 0 Å². The normalized spacial score (nSPS) is 32.6. The molecule has 0 aromatic carbocycles. The molecular formula is C14H25NO2S. The van der Waals surface area contributed by atoms with E-state index >= 15 is 0 Å². The molecule has 0 aromatic rings. The topological polar surface area (TPSA) is 40.5 Å². The Bertz CT molecular complexity index is 306. The smallest absolute Gasteiger partial charge is 0.303 e. The van der Waals surface area contributed by atoms with Gasteiger partial charge in [0, 0.05) is 24.8 Å². The van der Waals surface area contributed by atoms with Crippen molar-refractivity contribution in [2.45, 2.75) is 45.6 Å². The van der Waals surface area contributed by atoms with Crippen LogP contribution in [0.25, 0.3) is 0 Å². The summed E-state index contributed by atoms with van der Waals surface area (Å²) in [5.74, 6) is 2.49. The van der Waals surface area contributed by atoms with E-state index in [4.69, 9.17) is 5.11 Å². The van der Waals surface area contributed by atoms with Gasteiger partial charge in [0.15, 0.2) is 0 Å². The zero-order chi connectivity index (χ0) is 13.2. The number of thioether (sulfide) groups is 1. The molecule has 2 saturated heterocycles. The van der Waals surface area contributed by atoms with Gasteiger partial charge < -0.3 is 5.11 Å². The van der Waals surface area contributed by atoms with Gasteiger partial charge in [-0.25, -0.2) is 0 Å². The van der Waals surface area contributed by atoms with Crippen molar-refractivity contribution in [3.8, 4) is 0 Å². The first-order valence-corrected chi connectivity index (χ1v) is 8.18. The van der Waals surface area contributed by atoms with E-state index < -0.39 is 5.97 Å². The molecule has 2 rings (SSSR count). The Hall–Kier alpha value is -0.220. The van der Waals surface area contributed by atoms with Gasteiger partial charge in [-0.3, -0.25) is 9.69 Å². The number of carboxylic acid groups (broad SMARTS) is 1. The number of carboxylic acids is 1. The highest BCUT2D eigenvalue weighted by atomic mass is 32.2. The lowest BCUT2D eigenvalue weighted by Crippen LogP contribution is -2.48. The SMILES string of the molecule is CC1(C)CCSCC1N1CCC(CCC(=O)O)C1. The fraction of sp³-hybridized carbons (Fsp3) is 0.929. The predicted molar refractivity (Wildman–Crippen MR) is 76.1 cm³/mol. The highest BCUT2D eigenvalue weighted by Gasteiger charge is 2.39. The maximum absolute atomic E-state index is 10.6. The third-order valence-electron chi connectivity index (χ3n) is 4.59. The number of nitrogens with zero attached hydrogens (tertiary/aromatic N) is 1. The summed E-state index contributed by atoms with van der Waals surface area (Å²) in [5, 5.41) is 8.75. The van der Waals surface area contributed by atoms with E-state index in [1.54, 1.807) is 0 Å². The second kappa shape index (κ2) is 5.83. The van der Waals surface area contributed by atoms with Crippen molar-refractivity contribution in [2.75, 3.05) is 24.6 Å². The first-order valence-electron chi connectivity index (χ1n) is 7.02. The first kappa shape index (κ1) is 14.2. The van der Waals surface area contributed by atoms with Crippen molar-refractivity contribution < 1.29 is 9.90 Å². The van der Waals surface area contributed by atoms with Crippen molar-refractivity contribution in [2.24, 2.45) is 11.3 Å². The Morgan fingerprint density at radius 1 is 1.50 bits per heavy atom. The van der Waals surface area contributed by atoms with Crippen molar-refractivity contribution in [1.29, 1.82) is 0 Å². The molecule has 2 aliphatic rings. The Kier molecular flexibility index (Phi) is 4.59. The lowest BCUT2D eigenvalue weighted by Gasteiger charge is -2.43. The molecule has 104 valence electrons. The molecule has 4 heteroatoms. The van der Waals surface area contributed by atoms with E-state index in [1.165, 1.54) is 30.9 Å². The molecule has 18 heavy (non-hydrogen) atoms. The summed E-state index contributed by atoms with van der Waals surface area (Å²) in [6.07, 6.45) is 3.68. The fourth-order valence-electron chi connectivity index (χ4n) is 3.23. The van der Waals surface area contributed by atoms with Crippen molar-refractivity contribution >= 4 is 17.7 Å². The second-order valence-electron chi connectivity index (χ2n) is 6.41. The third-order valence-corrected chi connectivity index (χ3v) is 5.64. The van der Waals surface area contributed by atoms with Crippen molar-refractivity contribution in [3.63, 3.8) is 0 Å². The van der Waals surface area contributed by atoms with Crippen LogP contribution in [0, 0.1) is 11.3 Å². The van der Waals surface area contributed by atoms with Crippen LogP contribution in [-0.4, -0.2) is 46.6 Å². The summed E-state index contributed by atoms with van der Waals surface area (Å²) >= 11 is 2.08. The molecule has 2 heterocycles. The molecule has 0 spiro atoms. The molecule has 1 N–H and O–H groups in total. The summed E-state index contributed by atoms with van der Waals surface area (Å²) in [6.45, 7) is 7.06. The largest absolute Gasteiger partial charge is 0.481 e. The number of rotatable bonds is 4. The van der Waals surface area contributed by atoms with E-state index in [1.807, 2.05) is 0 Å². The monoisotopic (exact) mass is 271 g/mol. The minimum absolute atomic E-state index is 0.335. The summed E-state index contributed by atoms with van der Waals surface area (Å²) in [5.41, 5.74) is 0.424. The third kappa shape index (κ3) is 3.41. The molecule has 0 aliphatic carbocycles. The second-order valence-corrected chi connectivity index (χ2v) is 7.56. The lowest BCUT2D eigenvalue weighted by molar-refractivity contribution is -0.137. The first-order chi connectivity index (χ1) is 8.49. The number of likely N-dealkylation sites (tertiary alicyclic amines) is 1. The summed E-state index contributed by atoms with van der Waals surface area (Å²) in [6, 6.07) is 0.686. The van der Waals surface area contributed by atoms with Crippen LogP contribution in [0.15, 0.2) is 0 Å². The average molecular weight is 271 g/mol. The van der Waals surface area contributed by atoms with Crippen LogP contribution in [0.2, 0.25) is 0 Å². The van der Waals surface area contributed by atoms with E-state index in [0.29, 0.717) is 23.8 Å². The van der Waals surface area contributed by atoms with Gasteiger partial charge >= 0.3 is 5.97 Å². The molecule has 0 bridgehead atoms. The van der Waals surface area contributed by atoms with Crippen molar-refractivity contribution in [3.05, 3.63) is 0 Å². The maximum Gasteiger partial charge on any atom is 0.303 e. The Balaban J connectivity index is 1.85. The molecule has 2 aliphatic heterocycles. The zero-order valence-corrected chi connectivity index (χ0v) is 12.3. The minimum atomic E-state index is -0.651. The predicted octanol–water partition coefficient (Wildman–Crippen LogP) is 2.70. The van der Waals surface area contributed by atoms with Crippen LogP contribution < -0.4 is 0 Å². The molecule has 0 amide bonds. The van der Waals surface area contributed by atoms with Gasteiger partial charge in [0.05, 0.1) is 0 Å². The number of carbonyl (C=O) groups is 1. The van der Waals surface area contributed by atoms with E-state index in [0.717, 1.165) is 13.0 Å². The van der Waals surface area contributed by atoms with Crippen LogP contribution in [0.5, 0.6) is 0 Å². The minimum Gasteiger partial charge on any atom is -0.481 e. The Morgan fingerprint density at radius 3 is 2.94 bits per heavy atom. The van der Waals surface area contributed by atoms with Crippen molar-refractivity contribution in [1.82, 2.24) is 4.90 Å². The number of hydrogen-bond acceptors (Lipinski definition) is 3. The average Bonchev–Trinajstić information content (AvgIpc) is 2.74. The molecule has 0 aromatic heterocycles. The summed E-state index contributed by atoms with van der Waals surface area (Å²) in [7, 11) is 0. The molecular weight excluding hydrogens is 246 g/mol. The molecule has 3 nitrogen and oxygen atoms in total. The Morgan fingerprint density at radius 2 is 2.28 bits per heavy atom. The quantitative estimate of drug-likeness (QED) is 0.853. The molecule has 0 radical (unpaired) electrons. The summed E-state index contributed by atoms with van der Waals surface area (Å²) < 4.78 is 0. The van der Waals surface area contributed by atoms with E-state index in [9.17, 15) is 4.79 Å². The van der Waals surface area contributed by atoms with Crippen LogP contribution >= 0.6 is 11.8 Å². The highest BCUT2D eigenvalue weighted by Crippen LogP contribution is 2.39. The van der Waals surface area contributed by atoms with Gasteiger partial charge in [0.1, 0.15) is 0 Å². The van der Waals surface area contributed by atoms with E-state index in [-0.39, 0.29) is 0 Å². The van der Waals surface area contributed by atoms with Gasteiger partial charge in [0.2, 0.25) is 0 Å².